The monoisotopic (exact) mass is 216 g/mol. The Balaban J connectivity index is 3.83. The summed E-state index contributed by atoms with van der Waals surface area (Å²) in [6.45, 7) is 7.61. The standard InChI is InChI=1S/C11H20O4/c1-9(12)6-10(2)14-8-15-11(3,4)7-13-5/h6H,7-8H2,1-5H3/b10-6-. The van der Waals surface area contributed by atoms with Gasteiger partial charge in [-0.1, -0.05) is 0 Å². The number of ketones is 1. The fourth-order valence-electron chi connectivity index (χ4n) is 0.999. The summed E-state index contributed by atoms with van der Waals surface area (Å²) < 4.78 is 15.6. The summed E-state index contributed by atoms with van der Waals surface area (Å²) in [5.74, 6) is 0.513. The molecule has 0 rings (SSSR count). The zero-order valence-electron chi connectivity index (χ0n) is 10.1. The molecule has 0 heterocycles. The molecule has 0 aromatic heterocycles. The first-order valence-corrected chi connectivity index (χ1v) is 4.82. The molecule has 4 nitrogen and oxygen atoms in total. The van der Waals surface area contributed by atoms with Crippen LogP contribution in [0.1, 0.15) is 27.7 Å². The molecule has 0 spiro atoms. The van der Waals surface area contributed by atoms with Gasteiger partial charge in [-0.05, 0) is 27.7 Å². The van der Waals surface area contributed by atoms with E-state index in [2.05, 4.69) is 0 Å². The van der Waals surface area contributed by atoms with Gasteiger partial charge in [0.1, 0.15) is 0 Å². The summed E-state index contributed by atoms with van der Waals surface area (Å²) in [6.07, 6.45) is 1.42. The van der Waals surface area contributed by atoms with Crippen molar-refractivity contribution in [1.82, 2.24) is 0 Å². The van der Waals surface area contributed by atoms with Crippen LogP contribution in [0.4, 0.5) is 0 Å². The van der Waals surface area contributed by atoms with Gasteiger partial charge in [-0.15, -0.1) is 0 Å². The molecule has 0 N–H and O–H groups in total. The van der Waals surface area contributed by atoms with Crippen LogP contribution in [0, 0.1) is 0 Å². The molecule has 0 unspecified atom stereocenters. The van der Waals surface area contributed by atoms with Crippen LogP contribution < -0.4 is 0 Å². The summed E-state index contributed by atoms with van der Waals surface area (Å²) in [5, 5.41) is 0. The Kier molecular flexibility index (Phi) is 6.20. The Labute approximate surface area is 91.2 Å². The zero-order chi connectivity index (χ0) is 11.9. The van der Waals surface area contributed by atoms with Crippen LogP contribution >= 0.6 is 0 Å². The first kappa shape index (κ1) is 14.1. The number of methoxy groups -OCH3 is 1. The molecule has 0 saturated carbocycles. The first-order chi connectivity index (χ1) is 6.87. The molecule has 0 saturated heterocycles. The van der Waals surface area contributed by atoms with Gasteiger partial charge in [-0.2, -0.15) is 0 Å². The van der Waals surface area contributed by atoms with Gasteiger partial charge in [0.15, 0.2) is 12.6 Å². The number of allylic oxidation sites excluding steroid dienone is 2. The summed E-state index contributed by atoms with van der Waals surface area (Å²) in [7, 11) is 1.62. The van der Waals surface area contributed by atoms with Gasteiger partial charge in [0, 0.05) is 13.2 Å². The highest BCUT2D eigenvalue weighted by atomic mass is 16.7. The summed E-state index contributed by atoms with van der Waals surface area (Å²) in [5.41, 5.74) is -0.384. The Morgan fingerprint density at radius 2 is 1.93 bits per heavy atom. The fourth-order valence-corrected chi connectivity index (χ4v) is 0.999. The average Bonchev–Trinajstić information content (AvgIpc) is 2.01. The molecule has 15 heavy (non-hydrogen) atoms. The van der Waals surface area contributed by atoms with Crippen LogP contribution in [0.5, 0.6) is 0 Å². The van der Waals surface area contributed by atoms with Gasteiger partial charge >= 0.3 is 0 Å². The second kappa shape index (κ2) is 6.58. The molecular weight excluding hydrogens is 196 g/mol. The lowest BCUT2D eigenvalue weighted by molar-refractivity contribution is -0.132. The number of carbonyl (C=O) groups is 1. The fraction of sp³-hybridized carbons (Fsp3) is 0.727. The zero-order valence-corrected chi connectivity index (χ0v) is 10.1. The lowest BCUT2D eigenvalue weighted by Gasteiger charge is -2.24. The summed E-state index contributed by atoms with van der Waals surface area (Å²) in [6, 6.07) is 0. The van der Waals surface area contributed by atoms with Gasteiger partial charge in [-0.3, -0.25) is 4.79 Å². The lowest BCUT2D eigenvalue weighted by Crippen LogP contribution is -2.31. The molecule has 0 radical (unpaired) electrons. The van der Waals surface area contributed by atoms with Crippen LogP contribution in [0.3, 0.4) is 0 Å². The van der Waals surface area contributed by atoms with Crippen LogP contribution in [0.2, 0.25) is 0 Å². The van der Waals surface area contributed by atoms with Crippen molar-refractivity contribution >= 4 is 5.78 Å². The van der Waals surface area contributed by atoms with Crippen molar-refractivity contribution in [1.29, 1.82) is 0 Å². The van der Waals surface area contributed by atoms with E-state index in [-0.39, 0.29) is 18.2 Å². The van der Waals surface area contributed by atoms with E-state index in [4.69, 9.17) is 14.2 Å². The average molecular weight is 216 g/mol. The highest BCUT2D eigenvalue weighted by Gasteiger charge is 2.17. The van der Waals surface area contributed by atoms with E-state index in [0.717, 1.165) is 0 Å². The molecule has 0 fully saturated rings. The SMILES string of the molecule is COCC(C)(C)OCO/C(C)=C\C(C)=O. The first-order valence-electron chi connectivity index (χ1n) is 4.82. The Morgan fingerprint density at radius 3 is 2.40 bits per heavy atom. The Morgan fingerprint density at radius 1 is 1.33 bits per heavy atom. The van der Waals surface area contributed by atoms with Gasteiger partial charge in [0.25, 0.3) is 0 Å². The van der Waals surface area contributed by atoms with Gasteiger partial charge in [-0.25, -0.2) is 0 Å². The molecular formula is C11H20O4. The minimum Gasteiger partial charge on any atom is -0.472 e. The van der Waals surface area contributed by atoms with E-state index in [9.17, 15) is 4.79 Å². The van der Waals surface area contributed by atoms with Crippen molar-refractivity contribution < 1.29 is 19.0 Å². The molecule has 88 valence electrons. The van der Waals surface area contributed by atoms with Crippen LogP contribution in [-0.4, -0.2) is 31.9 Å². The Bertz CT molecular complexity index is 231. The molecule has 0 aliphatic heterocycles. The van der Waals surface area contributed by atoms with E-state index in [1.54, 1.807) is 14.0 Å². The smallest absolute Gasteiger partial charge is 0.189 e. The van der Waals surface area contributed by atoms with Crippen molar-refractivity contribution in [3.63, 3.8) is 0 Å². The van der Waals surface area contributed by atoms with E-state index < -0.39 is 0 Å². The van der Waals surface area contributed by atoms with Crippen LogP contribution in [0.25, 0.3) is 0 Å². The van der Waals surface area contributed by atoms with Crippen molar-refractivity contribution in [2.75, 3.05) is 20.5 Å². The molecule has 0 amide bonds. The minimum atomic E-state index is -0.384. The molecule has 0 bridgehead atoms. The minimum absolute atomic E-state index is 0.0383. The lowest BCUT2D eigenvalue weighted by atomic mass is 10.2. The summed E-state index contributed by atoms with van der Waals surface area (Å²) >= 11 is 0. The van der Waals surface area contributed by atoms with Crippen LogP contribution in [-0.2, 0) is 19.0 Å². The molecule has 0 atom stereocenters. The highest BCUT2D eigenvalue weighted by Crippen LogP contribution is 2.10. The van der Waals surface area contributed by atoms with Gasteiger partial charge in [0.05, 0.1) is 18.0 Å². The maximum absolute atomic E-state index is 10.7. The molecule has 0 aromatic carbocycles. The van der Waals surface area contributed by atoms with Crippen molar-refractivity contribution in [2.24, 2.45) is 0 Å². The van der Waals surface area contributed by atoms with Crippen molar-refractivity contribution in [2.45, 2.75) is 33.3 Å². The third kappa shape index (κ3) is 8.15. The topological polar surface area (TPSA) is 44.8 Å². The van der Waals surface area contributed by atoms with E-state index >= 15 is 0 Å². The maximum atomic E-state index is 10.7. The quantitative estimate of drug-likeness (QED) is 0.370. The van der Waals surface area contributed by atoms with E-state index in [1.165, 1.54) is 13.0 Å². The van der Waals surface area contributed by atoms with E-state index in [1.807, 2.05) is 13.8 Å². The number of hydrogen-bond acceptors (Lipinski definition) is 4. The third-order valence-corrected chi connectivity index (χ3v) is 1.63. The molecule has 0 aliphatic carbocycles. The Hall–Kier alpha value is -0.870. The predicted octanol–water partition coefficient (Wildman–Crippen LogP) is 1.89. The normalized spacial score (nSPS) is 12.7. The summed E-state index contributed by atoms with van der Waals surface area (Å²) in [4.78, 5) is 10.7. The number of carbonyl (C=O) groups excluding carboxylic acids is 1. The number of rotatable bonds is 7. The molecule has 4 heteroatoms. The van der Waals surface area contributed by atoms with E-state index in [0.29, 0.717) is 12.4 Å². The largest absolute Gasteiger partial charge is 0.472 e. The molecule has 0 aliphatic rings. The highest BCUT2D eigenvalue weighted by molar-refractivity contribution is 5.87. The molecule has 0 aromatic rings. The van der Waals surface area contributed by atoms with Gasteiger partial charge < -0.3 is 14.2 Å². The second-order valence-corrected chi connectivity index (χ2v) is 3.96. The van der Waals surface area contributed by atoms with Crippen LogP contribution in [0.15, 0.2) is 11.8 Å². The second-order valence-electron chi connectivity index (χ2n) is 3.96. The maximum Gasteiger partial charge on any atom is 0.189 e. The van der Waals surface area contributed by atoms with Crippen molar-refractivity contribution in [3.05, 3.63) is 11.8 Å². The number of hydrogen-bond donors (Lipinski definition) is 0. The van der Waals surface area contributed by atoms with Crippen molar-refractivity contribution in [3.8, 4) is 0 Å². The predicted molar refractivity (Wildman–Crippen MR) is 57.4 cm³/mol. The third-order valence-electron chi connectivity index (χ3n) is 1.63. The van der Waals surface area contributed by atoms with Gasteiger partial charge in [0.2, 0.25) is 0 Å². The number of ether oxygens (including phenoxy) is 3.